The van der Waals surface area contributed by atoms with E-state index in [1.807, 2.05) is 40.7 Å². The number of rotatable bonds is 9. The van der Waals surface area contributed by atoms with Crippen LogP contribution < -0.4 is 4.74 Å². The number of aromatic nitrogens is 2. The molecule has 2 fully saturated rings. The lowest BCUT2D eigenvalue weighted by molar-refractivity contribution is -0.188. The van der Waals surface area contributed by atoms with Gasteiger partial charge in [-0.05, 0) is 56.0 Å². The number of nitrogens with zero attached hydrogens (tertiary/aromatic N) is 4. The van der Waals surface area contributed by atoms with Crippen molar-refractivity contribution >= 4 is 0 Å². The lowest BCUT2D eigenvalue weighted by Gasteiger charge is -2.37. The van der Waals surface area contributed by atoms with Crippen LogP contribution in [-0.4, -0.2) is 64.8 Å². The quantitative estimate of drug-likeness (QED) is 0.314. The number of halogens is 1. The minimum absolute atomic E-state index is 0.0285. The van der Waals surface area contributed by atoms with Crippen molar-refractivity contribution < 1.29 is 23.7 Å². The molecule has 0 aliphatic carbocycles. The van der Waals surface area contributed by atoms with Gasteiger partial charge < -0.3 is 23.9 Å². The zero-order valence-corrected chi connectivity index (χ0v) is 22.5. The lowest BCUT2D eigenvalue weighted by atomic mass is 10.0. The predicted octanol–water partition coefficient (Wildman–Crippen LogP) is 4.47. The van der Waals surface area contributed by atoms with Crippen LogP contribution in [0.25, 0.3) is 11.1 Å². The Kier molecular flexibility index (Phi) is 9.10. The van der Waals surface area contributed by atoms with Gasteiger partial charge in [0, 0.05) is 49.3 Å². The van der Waals surface area contributed by atoms with Crippen molar-refractivity contribution in [1.29, 1.82) is 5.26 Å². The molecule has 2 aliphatic rings. The molecule has 1 N–H and O–H groups in total. The molecular formula is C31H33FN4O4. The van der Waals surface area contributed by atoms with E-state index in [0.717, 1.165) is 30.4 Å². The molecule has 0 spiro atoms. The van der Waals surface area contributed by atoms with Gasteiger partial charge in [0.05, 0.1) is 19.2 Å². The molecule has 1 unspecified atom stereocenters. The third-order valence-electron chi connectivity index (χ3n) is 7.11. The van der Waals surface area contributed by atoms with Crippen LogP contribution in [0, 0.1) is 29.0 Å². The van der Waals surface area contributed by atoms with Gasteiger partial charge in [-0.15, -0.1) is 0 Å². The van der Waals surface area contributed by atoms with Gasteiger partial charge in [-0.25, -0.2) is 9.37 Å². The fraction of sp³-hybridized carbons (Fsp3) is 0.419. The molecule has 1 aromatic heterocycles. The van der Waals surface area contributed by atoms with Crippen molar-refractivity contribution in [1.82, 2.24) is 14.5 Å². The Hall–Kier alpha value is -3.73. The Morgan fingerprint density at radius 1 is 1.20 bits per heavy atom. The standard InChI is InChI=1S/C31H33FN4O4/c1-22(39-30-4-2-3-17-38-30)31-34-14-16-36(31)25(21-37)10-7-23-5-8-24(9-6-23)28-12-11-26(18-29(28)32)40-27-19-35(20-27)15-13-33/h5-6,8-9,11-12,14,16,18,22,25,27,30,37H,2-4,15,17,19-21H2,1H3/t22-,25-,30?/m0/s1. The highest BCUT2D eigenvalue weighted by Crippen LogP contribution is 2.28. The smallest absolute Gasteiger partial charge is 0.158 e. The number of benzene rings is 2. The number of hydrogen-bond acceptors (Lipinski definition) is 7. The first-order valence-electron chi connectivity index (χ1n) is 13.6. The number of hydrogen-bond donors (Lipinski definition) is 1. The van der Waals surface area contributed by atoms with E-state index in [9.17, 15) is 9.50 Å². The Morgan fingerprint density at radius 3 is 2.73 bits per heavy atom. The molecule has 0 amide bonds. The summed E-state index contributed by atoms with van der Waals surface area (Å²) in [6, 6.07) is 13.8. The van der Waals surface area contributed by atoms with Gasteiger partial charge in [-0.2, -0.15) is 5.26 Å². The molecule has 3 heterocycles. The van der Waals surface area contributed by atoms with Crippen LogP contribution in [0.3, 0.4) is 0 Å². The van der Waals surface area contributed by atoms with E-state index >= 15 is 0 Å². The molecule has 2 saturated heterocycles. The third-order valence-corrected chi connectivity index (χ3v) is 7.11. The molecule has 2 aromatic carbocycles. The topological polar surface area (TPSA) is 92.8 Å². The average Bonchev–Trinajstić information content (AvgIpc) is 3.43. The van der Waals surface area contributed by atoms with Crippen molar-refractivity contribution in [2.75, 3.05) is 32.8 Å². The van der Waals surface area contributed by atoms with Crippen LogP contribution >= 0.6 is 0 Å². The van der Waals surface area contributed by atoms with Crippen LogP contribution in [0.4, 0.5) is 4.39 Å². The van der Waals surface area contributed by atoms with Gasteiger partial charge in [-0.1, -0.05) is 24.0 Å². The molecule has 3 atom stereocenters. The largest absolute Gasteiger partial charge is 0.488 e. The first kappa shape index (κ1) is 27.8. The first-order valence-corrected chi connectivity index (χ1v) is 13.6. The first-order chi connectivity index (χ1) is 19.5. The summed E-state index contributed by atoms with van der Waals surface area (Å²) in [5.74, 6) is 7.04. The highest BCUT2D eigenvalue weighted by molar-refractivity contribution is 5.66. The van der Waals surface area contributed by atoms with Crippen molar-refractivity contribution in [2.24, 2.45) is 0 Å². The monoisotopic (exact) mass is 544 g/mol. The number of likely N-dealkylation sites (tertiary alicyclic amines) is 1. The summed E-state index contributed by atoms with van der Waals surface area (Å²) in [6.07, 6.45) is 5.86. The van der Waals surface area contributed by atoms with Crippen molar-refractivity contribution in [3.8, 4) is 34.8 Å². The summed E-state index contributed by atoms with van der Waals surface area (Å²) < 4.78 is 34.3. The molecule has 0 saturated carbocycles. The van der Waals surface area contributed by atoms with Gasteiger partial charge >= 0.3 is 0 Å². The van der Waals surface area contributed by atoms with Gasteiger partial charge in [-0.3, -0.25) is 4.90 Å². The molecule has 208 valence electrons. The maximum absolute atomic E-state index is 14.9. The summed E-state index contributed by atoms with van der Waals surface area (Å²) in [5.41, 5.74) is 1.94. The SMILES string of the molecule is C[C@H](OC1CCCCO1)c1nccn1[C@@H](C#Cc1ccc(-c2ccc(OC3CN(CC#N)C3)cc2F)cc1)CO. The van der Waals surface area contributed by atoms with Crippen molar-refractivity contribution in [2.45, 2.75) is 50.7 Å². The molecule has 0 bridgehead atoms. The number of nitriles is 1. The van der Waals surface area contributed by atoms with E-state index in [2.05, 4.69) is 22.9 Å². The maximum Gasteiger partial charge on any atom is 0.158 e. The van der Waals surface area contributed by atoms with Crippen LogP contribution in [0.2, 0.25) is 0 Å². The molecule has 8 nitrogen and oxygen atoms in total. The van der Waals surface area contributed by atoms with Crippen molar-refractivity contribution in [3.05, 3.63) is 72.1 Å². The summed E-state index contributed by atoms with van der Waals surface area (Å²) in [7, 11) is 0. The third kappa shape index (κ3) is 6.70. The van der Waals surface area contributed by atoms with Crippen molar-refractivity contribution in [3.63, 3.8) is 0 Å². The number of aliphatic hydroxyl groups excluding tert-OH is 1. The fourth-order valence-electron chi connectivity index (χ4n) is 4.93. The molecule has 5 rings (SSSR count). The molecule has 3 aromatic rings. The minimum Gasteiger partial charge on any atom is -0.488 e. The average molecular weight is 545 g/mol. The summed E-state index contributed by atoms with van der Waals surface area (Å²) >= 11 is 0. The van der Waals surface area contributed by atoms with Gasteiger partial charge in [0.15, 0.2) is 6.29 Å². The van der Waals surface area contributed by atoms with E-state index in [1.54, 1.807) is 24.5 Å². The molecule has 9 heteroatoms. The van der Waals surface area contributed by atoms with E-state index in [0.29, 0.717) is 43.4 Å². The van der Waals surface area contributed by atoms with Crippen LogP contribution in [0.15, 0.2) is 54.9 Å². The zero-order chi connectivity index (χ0) is 27.9. The lowest BCUT2D eigenvalue weighted by Crippen LogP contribution is -2.53. The van der Waals surface area contributed by atoms with Gasteiger partial charge in [0.1, 0.15) is 35.6 Å². The predicted molar refractivity (Wildman–Crippen MR) is 147 cm³/mol. The van der Waals surface area contributed by atoms with E-state index in [-0.39, 0.29) is 30.9 Å². The number of ether oxygens (including phenoxy) is 3. The maximum atomic E-state index is 14.9. The molecule has 0 radical (unpaired) electrons. The Bertz CT molecular complexity index is 1380. The van der Waals surface area contributed by atoms with Gasteiger partial charge in [0.2, 0.25) is 0 Å². The molecular weight excluding hydrogens is 511 g/mol. The van der Waals surface area contributed by atoms with Crippen LogP contribution in [0.5, 0.6) is 5.75 Å². The Balaban J connectivity index is 1.22. The highest BCUT2D eigenvalue weighted by atomic mass is 19.1. The normalized spacial score (nSPS) is 19.1. The Morgan fingerprint density at radius 2 is 2.02 bits per heavy atom. The summed E-state index contributed by atoms with van der Waals surface area (Å²) in [4.78, 5) is 6.42. The summed E-state index contributed by atoms with van der Waals surface area (Å²) in [5, 5.41) is 18.8. The highest BCUT2D eigenvalue weighted by Gasteiger charge is 2.28. The summed E-state index contributed by atoms with van der Waals surface area (Å²) in [6.45, 7) is 4.15. The second-order valence-electron chi connectivity index (χ2n) is 10.0. The molecule has 2 aliphatic heterocycles. The second kappa shape index (κ2) is 13.1. The van der Waals surface area contributed by atoms with Crippen LogP contribution in [-0.2, 0) is 9.47 Å². The number of aliphatic hydroxyl groups is 1. The second-order valence-corrected chi connectivity index (χ2v) is 10.0. The minimum atomic E-state index is -0.497. The van der Waals surface area contributed by atoms with Gasteiger partial charge in [0.25, 0.3) is 0 Å². The zero-order valence-electron chi connectivity index (χ0n) is 22.5. The van der Waals surface area contributed by atoms with E-state index < -0.39 is 6.04 Å². The van der Waals surface area contributed by atoms with E-state index in [4.69, 9.17) is 19.5 Å². The Labute approximate surface area is 233 Å². The van der Waals surface area contributed by atoms with E-state index in [1.165, 1.54) is 6.07 Å². The molecule has 40 heavy (non-hydrogen) atoms. The fourth-order valence-corrected chi connectivity index (χ4v) is 4.93. The van der Waals surface area contributed by atoms with Crippen LogP contribution in [0.1, 0.15) is 49.7 Å². The number of imidazole rings is 1.